The third kappa shape index (κ3) is 3.94. The molecule has 1 aromatic heterocycles. The lowest BCUT2D eigenvalue weighted by atomic mass is 9.96. The highest BCUT2D eigenvalue weighted by Gasteiger charge is 2.28. The standard InChI is InChI=1S/C18H21N3O2S/c19-18(23)20-14-9-7-13(8-10-14)17(22)21-16(12-4-1-2-5-12)15-6-3-11-24-15/h3,6-12,16H,1-2,4-5H2,(H,21,22)(H3,19,20,23)/t16-/m1/s1. The van der Waals surface area contributed by atoms with Crippen LogP contribution in [0, 0.1) is 5.92 Å². The first kappa shape index (κ1) is 16.5. The van der Waals surface area contributed by atoms with Gasteiger partial charge in [-0.25, -0.2) is 4.79 Å². The number of nitrogens with one attached hydrogen (secondary N) is 2. The van der Waals surface area contributed by atoms with E-state index in [-0.39, 0.29) is 11.9 Å². The van der Waals surface area contributed by atoms with E-state index in [9.17, 15) is 9.59 Å². The van der Waals surface area contributed by atoms with Gasteiger partial charge in [-0.05, 0) is 54.5 Å². The first-order chi connectivity index (χ1) is 11.6. The molecule has 126 valence electrons. The number of hydrogen-bond acceptors (Lipinski definition) is 3. The highest BCUT2D eigenvalue weighted by Crippen LogP contribution is 2.37. The van der Waals surface area contributed by atoms with Crippen molar-refractivity contribution in [2.24, 2.45) is 11.7 Å². The van der Waals surface area contributed by atoms with E-state index in [2.05, 4.69) is 16.7 Å². The zero-order valence-electron chi connectivity index (χ0n) is 13.3. The van der Waals surface area contributed by atoms with Crippen LogP contribution in [0.15, 0.2) is 41.8 Å². The summed E-state index contributed by atoms with van der Waals surface area (Å²) in [7, 11) is 0. The second-order valence-electron chi connectivity index (χ2n) is 6.08. The quantitative estimate of drug-likeness (QED) is 0.769. The molecule has 4 N–H and O–H groups in total. The Morgan fingerprint density at radius 3 is 2.42 bits per heavy atom. The number of benzene rings is 1. The summed E-state index contributed by atoms with van der Waals surface area (Å²) in [5.41, 5.74) is 6.23. The summed E-state index contributed by atoms with van der Waals surface area (Å²) in [6, 6.07) is 10.3. The Morgan fingerprint density at radius 1 is 1.12 bits per heavy atom. The smallest absolute Gasteiger partial charge is 0.316 e. The summed E-state index contributed by atoms with van der Waals surface area (Å²) in [5, 5.41) is 7.73. The first-order valence-corrected chi connectivity index (χ1v) is 9.02. The van der Waals surface area contributed by atoms with Crippen molar-refractivity contribution in [1.82, 2.24) is 5.32 Å². The molecule has 2 aromatic rings. The van der Waals surface area contributed by atoms with Gasteiger partial charge in [0.15, 0.2) is 0 Å². The Balaban J connectivity index is 1.72. The van der Waals surface area contributed by atoms with Gasteiger partial charge in [-0.2, -0.15) is 0 Å². The van der Waals surface area contributed by atoms with Crippen LogP contribution in [0.3, 0.4) is 0 Å². The number of nitrogens with two attached hydrogens (primary N) is 1. The van der Waals surface area contributed by atoms with Crippen molar-refractivity contribution in [2.45, 2.75) is 31.7 Å². The van der Waals surface area contributed by atoms with Gasteiger partial charge < -0.3 is 16.4 Å². The molecule has 6 heteroatoms. The monoisotopic (exact) mass is 343 g/mol. The van der Waals surface area contributed by atoms with Gasteiger partial charge in [0.25, 0.3) is 5.91 Å². The van der Waals surface area contributed by atoms with Gasteiger partial charge in [-0.1, -0.05) is 18.9 Å². The first-order valence-electron chi connectivity index (χ1n) is 8.14. The molecule has 1 aliphatic rings. The van der Waals surface area contributed by atoms with Gasteiger partial charge in [0, 0.05) is 16.1 Å². The van der Waals surface area contributed by atoms with Crippen LogP contribution >= 0.6 is 11.3 Å². The van der Waals surface area contributed by atoms with Crippen LogP contribution in [-0.4, -0.2) is 11.9 Å². The summed E-state index contributed by atoms with van der Waals surface area (Å²) in [5.74, 6) is 0.411. The molecular formula is C18H21N3O2S. The molecule has 3 amide bonds. The van der Waals surface area contributed by atoms with Crippen LogP contribution in [0.2, 0.25) is 0 Å². The van der Waals surface area contributed by atoms with E-state index in [0.717, 1.165) is 12.8 Å². The minimum absolute atomic E-state index is 0.0726. The van der Waals surface area contributed by atoms with E-state index >= 15 is 0 Å². The summed E-state index contributed by atoms with van der Waals surface area (Å²) < 4.78 is 0. The van der Waals surface area contributed by atoms with Gasteiger partial charge in [0.05, 0.1) is 6.04 Å². The third-order valence-corrected chi connectivity index (χ3v) is 5.38. The predicted octanol–water partition coefficient (Wildman–Crippen LogP) is 3.90. The molecule has 5 nitrogen and oxygen atoms in total. The normalized spacial score (nSPS) is 15.8. The van der Waals surface area contributed by atoms with E-state index in [4.69, 9.17) is 5.73 Å². The molecule has 1 aliphatic carbocycles. The summed E-state index contributed by atoms with van der Waals surface area (Å²) in [4.78, 5) is 24.7. The fourth-order valence-corrected chi connectivity index (χ4v) is 4.12. The Bertz CT molecular complexity index is 692. The Morgan fingerprint density at radius 2 is 1.83 bits per heavy atom. The lowest BCUT2D eigenvalue weighted by molar-refractivity contribution is 0.0923. The van der Waals surface area contributed by atoms with Crippen LogP contribution in [0.4, 0.5) is 10.5 Å². The fraction of sp³-hybridized carbons (Fsp3) is 0.333. The highest BCUT2D eigenvalue weighted by atomic mass is 32.1. The second-order valence-corrected chi connectivity index (χ2v) is 7.06. The predicted molar refractivity (Wildman–Crippen MR) is 96.1 cm³/mol. The SMILES string of the molecule is NC(=O)Nc1ccc(C(=O)N[C@@H](c2cccs2)C2CCCC2)cc1. The van der Waals surface area contributed by atoms with Crippen LogP contribution in [0.5, 0.6) is 0 Å². The van der Waals surface area contributed by atoms with Crippen molar-refractivity contribution in [2.75, 3.05) is 5.32 Å². The molecule has 0 aliphatic heterocycles. The number of anilines is 1. The Labute approximate surface area is 145 Å². The number of hydrogen-bond donors (Lipinski definition) is 3. The lowest BCUT2D eigenvalue weighted by Crippen LogP contribution is -2.32. The summed E-state index contributed by atoms with van der Waals surface area (Å²) in [6.07, 6.45) is 4.78. The molecule has 0 bridgehead atoms. The number of carbonyl (C=O) groups excluding carboxylic acids is 2. The number of thiophene rings is 1. The molecule has 1 saturated carbocycles. The molecule has 1 fully saturated rings. The van der Waals surface area contributed by atoms with Crippen molar-refractivity contribution >= 4 is 29.0 Å². The lowest BCUT2D eigenvalue weighted by Gasteiger charge is -2.24. The minimum Gasteiger partial charge on any atom is -0.351 e. The number of primary amides is 1. The molecule has 1 aromatic carbocycles. The summed E-state index contributed by atoms with van der Waals surface area (Å²) in [6.45, 7) is 0. The van der Waals surface area contributed by atoms with Crippen molar-refractivity contribution in [3.63, 3.8) is 0 Å². The van der Waals surface area contributed by atoms with E-state index in [1.54, 1.807) is 35.6 Å². The molecule has 3 rings (SSSR count). The van der Waals surface area contributed by atoms with E-state index in [1.807, 2.05) is 11.4 Å². The Kier molecular flexibility index (Phi) is 5.15. The number of carbonyl (C=O) groups is 2. The van der Waals surface area contributed by atoms with Gasteiger partial charge in [-0.3, -0.25) is 4.79 Å². The average Bonchev–Trinajstić information content (AvgIpc) is 3.26. The van der Waals surface area contributed by atoms with E-state index < -0.39 is 6.03 Å². The zero-order chi connectivity index (χ0) is 16.9. The minimum atomic E-state index is -0.619. The molecule has 1 heterocycles. The largest absolute Gasteiger partial charge is 0.351 e. The molecular weight excluding hydrogens is 322 g/mol. The molecule has 24 heavy (non-hydrogen) atoms. The molecule has 0 spiro atoms. The average molecular weight is 343 g/mol. The zero-order valence-corrected chi connectivity index (χ0v) is 14.1. The number of rotatable bonds is 5. The van der Waals surface area contributed by atoms with Gasteiger partial charge >= 0.3 is 6.03 Å². The van der Waals surface area contributed by atoms with Gasteiger partial charge in [-0.15, -0.1) is 11.3 Å². The topological polar surface area (TPSA) is 84.2 Å². The van der Waals surface area contributed by atoms with E-state index in [0.29, 0.717) is 17.2 Å². The van der Waals surface area contributed by atoms with Crippen molar-refractivity contribution < 1.29 is 9.59 Å². The van der Waals surface area contributed by atoms with Crippen LogP contribution in [0.25, 0.3) is 0 Å². The number of amides is 3. The van der Waals surface area contributed by atoms with Crippen LogP contribution < -0.4 is 16.4 Å². The number of urea groups is 1. The highest BCUT2D eigenvalue weighted by molar-refractivity contribution is 7.10. The van der Waals surface area contributed by atoms with Crippen LogP contribution in [-0.2, 0) is 0 Å². The molecule has 0 radical (unpaired) electrons. The van der Waals surface area contributed by atoms with E-state index in [1.165, 1.54) is 17.7 Å². The molecule has 1 atom stereocenters. The van der Waals surface area contributed by atoms with Gasteiger partial charge in [0.1, 0.15) is 0 Å². The molecule has 0 saturated heterocycles. The second kappa shape index (κ2) is 7.49. The third-order valence-electron chi connectivity index (χ3n) is 4.42. The Hall–Kier alpha value is -2.34. The van der Waals surface area contributed by atoms with Crippen LogP contribution in [0.1, 0.15) is 47.0 Å². The van der Waals surface area contributed by atoms with Crippen molar-refractivity contribution in [3.8, 4) is 0 Å². The maximum absolute atomic E-state index is 12.6. The molecule has 0 unspecified atom stereocenters. The maximum Gasteiger partial charge on any atom is 0.316 e. The van der Waals surface area contributed by atoms with Crippen molar-refractivity contribution in [3.05, 3.63) is 52.2 Å². The fourth-order valence-electron chi connectivity index (χ4n) is 3.25. The summed E-state index contributed by atoms with van der Waals surface area (Å²) >= 11 is 1.69. The van der Waals surface area contributed by atoms with Crippen molar-refractivity contribution in [1.29, 1.82) is 0 Å². The maximum atomic E-state index is 12.6. The van der Waals surface area contributed by atoms with Gasteiger partial charge in [0.2, 0.25) is 0 Å².